The third-order valence-electron chi connectivity index (χ3n) is 1.61. The molecule has 0 aliphatic carbocycles. The van der Waals surface area contributed by atoms with Gasteiger partial charge in [0, 0.05) is 26.2 Å². The summed E-state index contributed by atoms with van der Waals surface area (Å²) in [6.07, 6.45) is 1.67. The lowest BCUT2D eigenvalue weighted by Crippen LogP contribution is -2.49. The summed E-state index contributed by atoms with van der Waals surface area (Å²) in [4.78, 5) is 5.34. The van der Waals surface area contributed by atoms with Crippen molar-refractivity contribution in [3.05, 3.63) is 0 Å². The molecule has 0 aromatic heterocycles. The predicted octanol–water partition coefficient (Wildman–Crippen LogP) is -1.31. The van der Waals surface area contributed by atoms with E-state index in [0.717, 1.165) is 26.2 Å². The van der Waals surface area contributed by atoms with Crippen molar-refractivity contribution in [2.24, 2.45) is 10.7 Å². The van der Waals surface area contributed by atoms with Gasteiger partial charge in [0.1, 0.15) is 0 Å². The number of nitrogens with one attached hydrogen (secondary N) is 1. The largest absolute Gasteiger partial charge is 0.369 e. The molecule has 1 fully saturated rings. The van der Waals surface area contributed by atoms with Crippen LogP contribution >= 0.6 is 0 Å². The van der Waals surface area contributed by atoms with Gasteiger partial charge in [0.2, 0.25) is 12.2 Å². The second-order valence-corrected chi connectivity index (χ2v) is 2.31. The Morgan fingerprint density at radius 1 is 1.55 bits per heavy atom. The van der Waals surface area contributed by atoms with E-state index in [0.29, 0.717) is 5.96 Å². The lowest BCUT2D eigenvalue weighted by atomic mass is 10.4. The minimum atomic E-state index is 0.328. The molecule has 0 radical (unpaired) electrons. The number of guanidine groups is 1. The van der Waals surface area contributed by atoms with Crippen molar-refractivity contribution in [2.75, 3.05) is 26.2 Å². The SMILES string of the molecule is N#C/N=C(\N)N1CCNCC1. The number of nitriles is 1. The first-order valence-electron chi connectivity index (χ1n) is 3.52. The monoisotopic (exact) mass is 153 g/mol. The average Bonchev–Trinajstić information content (AvgIpc) is 2.07. The zero-order valence-electron chi connectivity index (χ0n) is 6.25. The van der Waals surface area contributed by atoms with Crippen LogP contribution in [-0.2, 0) is 0 Å². The first-order chi connectivity index (χ1) is 5.34. The van der Waals surface area contributed by atoms with Gasteiger partial charge in [0.25, 0.3) is 0 Å². The maximum atomic E-state index is 8.21. The maximum absolute atomic E-state index is 8.21. The van der Waals surface area contributed by atoms with E-state index >= 15 is 0 Å². The molecule has 11 heavy (non-hydrogen) atoms. The van der Waals surface area contributed by atoms with E-state index in [2.05, 4.69) is 10.3 Å². The van der Waals surface area contributed by atoms with Crippen LogP contribution in [-0.4, -0.2) is 37.0 Å². The summed E-state index contributed by atoms with van der Waals surface area (Å²) >= 11 is 0. The molecule has 60 valence electrons. The Morgan fingerprint density at radius 2 is 2.18 bits per heavy atom. The zero-order chi connectivity index (χ0) is 8.10. The van der Waals surface area contributed by atoms with Crippen LogP contribution in [0.25, 0.3) is 0 Å². The van der Waals surface area contributed by atoms with E-state index in [-0.39, 0.29) is 0 Å². The Morgan fingerprint density at radius 3 is 2.73 bits per heavy atom. The second-order valence-electron chi connectivity index (χ2n) is 2.31. The Bertz CT molecular complexity index is 186. The average molecular weight is 153 g/mol. The standard InChI is InChI=1S/C6H11N5/c7-5-10-6(8)11-3-1-9-2-4-11/h9H,1-4H2,(H2,8,10). The molecule has 3 N–H and O–H groups in total. The van der Waals surface area contributed by atoms with E-state index in [4.69, 9.17) is 11.0 Å². The number of aliphatic imine (C=N–C) groups is 1. The fraction of sp³-hybridized carbons (Fsp3) is 0.667. The molecule has 1 aliphatic heterocycles. The summed E-state index contributed by atoms with van der Waals surface area (Å²) in [7, 11) is 0. The molecular weight excluding hydrogens is 142 g/mol. The molecule has 1 saturated heterocycles. The topological polar surface area (TPSA) is 77.4 Å². The van der Waals surface area contributed by atoms with Crippen molar-refractivity contribution in [1.29, 1.82) is 5.26 Å². The van der Waals surface area contributed by atoms with Gasteiger partial charge in [-0.1, -0.05) is 0 Å². The highest BCUT2D eigenvalue weighted by molar-refractivity contribution is 5.79. The fourth-order valence-corrected chi connectivity index (χ4v) is 1.02. The lowest BCUT2D eigenvalue weighted by molar-refractivity contribution is 0.354. The molecule has 5 heteroatoms. The third kappa shape index (κ3) is 2.09. The van der Waals surface area contributed by atoms with Crippen molar-refractivity contribution >= 4 is 5.96 Å². The van der Waals surface area contributed by atoms with Crippen molar-refractivity contribution in [3.63, 3.8) is 0 Å². The fourth-order valence-electron chi connectivity index (χ4n) is 1.02. The van der Waals surface area contributed by atoms with Gasteiger partial charge in [-0.25, -0.2) is 0 Å². The van der Waals surface area contributed by atoms with E-state index < -0.39 is 0 Å². The van der Waals surface area contributed by atoms with Gasteiger partial charge in [0.15, 0.2) is 0 Å². The smallest absolute Gasteiger partial charge is 0.209 e. The van der Waals surface area contributed by atoms with Crippen molar-refractivity contribution in [1.82, 2.24) is 10.2 Å². The minimum absolute atomic E-state index is 0.328. The first-order valence-corrected chi connectivity index (χ1v) is 3.52. The van der Waals surface area contributed by atoms with Crippen LogP contribution in [0.3, 0.4) is 0 Å². The Labute approximate surface area is 65.5 Å². The molecule has 0 unspecified atom stereocenters. The maximum Gasteiger partial charge on any atom is 0.209 e. The summed E-state index contributed by atoms with van der Waals surface area (Å²) in [5.41, 5.74) is 5.48. The molecular formula is C6H11N5. The first kappa shape index (κ1) is 7.82. The number of rotatable bonds is 0. The quantitative estimate of drug-likeness (QED) is 0.257. The van der Waals surface area contributed by atoms with E-state index in [1.54, 1.807) is 6.19 Å². The van der Waals surface area contributed by atoms with Gasteiger partial charge in [0.05, 0.1) is 0 Å². The van der Waals surface area contributed by atoms with Crippen LogP contribution in [0.1, 0.15) is 0 Å². The van der Waals surface area contributed by atoms with Crippen LogP contribution < -0.4 is 11.1 Å². The Balaban J connectivity index is 2.46. The van der Waals surface area contributed by atoms with Gasteiger partial charge < -0.3 is 16.0 Å². The van der Waals surface area contributed by atoms with Crippen LogP contribution in [0.2, 0.25) is 0 Å². The molecule has 1 aliphatic rings. The molecule has 1 rings (SSSR count). The highest BCUT2D eigenvalue weighted by atomic mass is 15.3. The molecule has 0 amide bonds. The number of piperazine rings is 1. The molecule has 0 aromatic carbocycles. The summed E-state index contributed by atoms with van der Waals surface area (Å²) in [5, 5.41) is 11.4. The van der Waals surface area contributed by atoms with E-state index in [9.17, 15) is 0 Å². The zero-order valence-corrected chi connectivity index (χ0v) is 6.25. The van der Waals surface area contributed by atoms with Crippen LogP contribution in [0, 0.1) is 11.5 Å². The van der Waals surface area contributed by atoms with Gasteiger partial charge >= 0.3 is 0 Å². The molecule has 0 saturated carbocycles. The van der Waals surface area contributed by atoms with Crippen LogP contribution in [0.4, 0.5) is 0 Å². The predicted molar refractivity (Wildman–Crippen MR) is 41.7 cm³/mol. The molecule has 0 aromatic rings. The Kier molecular flexibility index (Phi) is 2.69. The van der Waals surface area contributed by atoms with Gasteiger partial charge in [-0.2, -0.15) is 5.26 Å². The Hall–Kier alpha value is -1.28. The van der Waals surface area contributed by atoms with Crippen molar-refractivity contribution < 1.29 is 0 Å². The minimum Gasteiger partial charge on any atom is -0.369 e. The van der Waals surface area contributed by atoms with E-state index in [1.807, 2.05) is 4.90 Å². The number of nitrogens with zero attached hydrogens (tertiary/aromatic N) is 3. The van der Waals surface area contributed by atoms with E-state index in [1.165, 1.54) is 0 Å². The molecule has 1 heterocycles. The second kappa shape index (κ2) is 3.78. The van der Waals surface area contributed by atoms with Gasteiger partial charge in [-0.05, 0) is 0 Å². The normalized spacial score (nSPS) is 19.5. The number of hydrogen-bond donors (Lipinski definition) is 2. The van der Waals surface area contributed by atoms with Crippen molar-refractivity contribution in [3.8, 4) is 6.19 Å². The third-order valence-corrected chi connectivity index (χ3v) is 1.61. The van der Waals surface area contributed by atoms with Gasteiger partial charge in [-0.15, -0.1) is 4.99 Å². The molecule has 0 atom stereocenters. The summed E-state index contributed by atoms with van der Waals surface area (Å²) < 4.78 is 0. The van der Waals surface area contributed by atoms with Crippen LogP contribution in [0.15, 0.2) is 4.99 Å². The van der Waals surface area contributed by atoms with Crippen LogP contribution in [0.5, 0.6) is 0 Å². The summed E-state index contributed by atoms with van der Waals surface area (Å²) in [6, 6.07) is 0. The molecule has 0 spiro atoms. The van der Waals surface area contributed by atoms with Crippen molar-refractivity contribution in [2.45, 2.75) is 0 Å². The number of nitrogens with two attached hydrogens (primary N) is 1. The van der Waals surface area contributed by atoms with Gasteiger partial charge in [-0.3, -0.25) is 0 Å². The number of hydrogen-bond acceptors (Lipinski definition) is 3. The highest BCUT2D eigenvalue weighted by Crippen LogP contribution is 1.90. The summed E-state index contributed by atoms with van der Waals surface area (Å²) in [6.45, 7) is 3.47. The lowest BCUT2D eigenvalue weighted by Gasteiger charge is -2.27. The molecule has 0 bridgehead atoms. The highest BCUT2D eigenvalue weighted by Gasteiger charge is 2.10. The summed E-state index contributed by atoms with van der Waals surface area (Å²) in [5.74, 6) is 0.328. The molecule has 5 nitrogen and oxygen atoms in total.